The summed E-state index contributed by atoms with van der Waals surface area (Å²) in [5.41, 5.74) is 3.43. The molecule has 0 N–H and O–H groups in total. The molecule has 2 atom stereocenters. The van der Waals surface area contributed by atoms with Crippen LogP contribution in [0.15, 0.2) is 23.3 Å². The molecule has 0 nitrogen and oxygen atoms in total. The van der Waals surface area contributed by atoms with Crippen LogP contribution in [0, 0.1) is 11.8 Å². The third-order valence-corrected chi connectivity index (χ3v) is 3.50. The molecule has 3 rings (SSSR count). The van der Waals surface area contributed by atoms with Gasteiger partial charge in [0, 0.05) is 0 Å². The number of allylic oxidation sites excluding steroid dienone is 4. The molecule has 0 saturated heterocycles. The Bertz CT molecular complexity index is 245. The molecule has 0 heterocycles. The van der Waals surface area contributed by atoms with Crippen LogP contribution in [0.4, 0.5) is 0 Å². The highest BCUT2D eigenvalue weighted by Gasteiger charge is 2.34. The summed E-state index contributed by atoms with van der Waals surface area (Å²) in [6.45, 7) is 0. The van der Waals surface area contributed by atoms with Gasteiger partial charge in [-0.05, 0) is 55.1 Å². The van der Waals surface area contributed by atoms with Crippen molar-refractivity contribution in [2.75, 3.05) is 0 Å². The Kier molecular flexibility index (Phi) is 1.10. The second-order valence-electron chi connectivity index (χ2n) is 4.16. The normalized spacial score (nSPS) is 40.0. The Morgan fingerprint density at radius 3 is 2.64 bits per heavy atom. The van der Waals surface area contributed by atoms with Crippen molar-refractivity contribution in [3.05, 3.63) is 23.3 Å². The third-order valence-electron chi connectivity index (χ3n) is 3.50. The van der Waals surface area contributed by atoms with Crippen molar-refractivity contribution < 1.29 is 0 Å². The van der Waals surface area contributed by atoms with Crippen molar-refractivity contribution in [2.45, 2.75) is 32.1 Å². The zero-order chi connectivity index (χ0) is 7.26. The largest absolute Gasteiger partial charge is 0.0807 e. The number of fused-ring (bicyclic) bond motifs is 2. The standard InChI is InChI=1S/C11H14/c1-2-9(3-1)11-7-8-4-5-10(11)6-8/h2,7-8,10H,1,3-6H2. The molecule has 0 radical (unpaired) electrons. The highest BCUT2D eigenvalue weighted by Crippen LogP contribution is 2.48. The molecule has 2 unspecified atom stereocenters. The highest BCUT2D eigenvalue weighted by molar-refractivity contribution is 5.41. The lowest BCUT2D eigenvalue weighted by molar-refractivity contribution is 0.646. The molecule has 58 valence electrons. The van der Waals surface area contributed by atoms with E-state index in [1.165, 1.54) is 32.1 Å². The summed E-state index contributed by atoms with van der Waals surface area (Å²) in [6, 6.07) is 0. The van der Waals surface area contributed by atoms with Crippen LogP contribution in [0.2, 0.25) is 0 Å². The second kappa shape index (κ2) is 2.00. The molecule has 3 aliphatic carbocycles. The quantitative estimate of drug-likeness (QED) is 0.533. The van der Waals surface area contributed by atoms with Crippen LogP contribution in [0.25, 0.3) is 0 Å². The van der Waals surface area contributed by atoms with Crippen LogP contribution >= 0.6 is 0 Å². The molecule has 11 heavy (non-hydrogen) atoms. The third kappa shape index (κ3) is 0.756. The van der Waals surface area contributed by atoms with Gasteiger partial charge in [0.2, 0.25) is 0 Å². The van der Waals surface area contributed by atoms with Gasteiger partial charge in [-0.25, -0.2) is 0 Å². The molecular weight excluding hydrogens is 132 g/mol. The zero-order valence-electron chi connectivity index (χ0n) is 6.84. The van der Waals surface area contributed by atoms with Gasteiger partial charge in [0.15, 0.2) is 0 Å². The fraction of sp³-hybridized carbons (Fsp3) is 0.636. The molecule has 0 aromatic heterocycles. The van der Waals surface area contributed by atoms with Crippen LogP contribution < -0.4 is 0 Å². The molecule has 1 fully saturated rings. The van der Waals surface area contributed by atoms with Crippen molar-refractivity contribution in [3.8, 4) is 0 Å². The van der Waals surface area contributed by atoms with Gasteiger partial charge in [0.25, 0.3) is 0 Å². The maximum absolute atomic E-state index is 2.55. The zero-order valence-corrected chi connectivity index (χ0v) is 6.84. The van der Waals surface area contributed by atoms with E-state index in [0.29, 0.717) is 0 Å². The first kappa shape index (κ1) is 6.05. The average molecular weight is 146 g/mol. The van der Waals surface area contributed by atoms with E-state index < -0.39 is 0 Å². The van der Waals surface area contributed by atoms with Gasteiger partial charge in [0.05, 0.1) is 0 Å². The van der Waals surface area contributed by atoms with Crippen molar-refractivity contribution >= 4 is 0 Å². The van der Waals surface area contributed by atoms with Crippen molar-refractivity contribution in [1.29, 1.82) is 0 Å². The smallest absolute Gasteiger partial charge is 0.0157 e. The SMILES string of the molecule is C1=C(C2=CC3CCC2C3)CC1. The maximum Gasteiger partial charge on any atom is -0.0157 e. The van der Waals surface area contributed by atoms with Gasteiger partial charge in [-0.2, -0.15) is 0 Å². The molecule has 3 aliphatic rings. The van der Waals surface area contributed by atoms with Crippen LogP contribution in [-0.4, -0.2) is 0 Å². The van der Waals surface area contributed by atoms with Crippen LogP contribution in [0.1, 0.15) is 32.1 Å². The summed E-state index contributed by atoms with van der Waals surface area (Å²) >= 11 is 0. The number of rotatable bonds is 1. The molecule has 0 heteroatoms. The minimum atomic E-state index is 0.969. The Morgan fingerprint density at radius 2 is 2.18 bits per heavy atom. The Labute approximate surface area is 68.0 Å². The van der Waals surface area contributed by atoms with E-state index in [4.69, 9.17) is 0 Å². The van der Waals surface area contributed by atoms with Crippen LogP contribution in [0.5, 0.6) is 0 Å². The molecule has 0 aromatic carbocycles. The van der Waals surface area contributed by atoms with Gasteiger partial charge in [-0.15, -0.1) is 0 Å². The molecule has 0 spiro atoms. The number of hydrogen-bond donors (Lipinski definition) is 0. The first-order valence-electron chi connectivity index (χ1n) is 4.84. The summed E-state index contributed by atoms with van der Waals surface area (Å²) in [4.78, 5) is 0. The summed E-state index contributed by atoms with van der Waals surface area (Å²) in [7, 11) is 0. The van der Waals surface area contributed by atoms with Crippen molar-refractivity contribution in [3.63, 3.8) is 0 Å². The summed E-state index contributed by atoms with van der Waals surface area (Å²) in [5, 5.41) is 0. The van der Waals surface area contributed by atoms with Crippen molar-refractivity contribution in [2.24, 2.45) is 11.8 Å². The van der Waals surface area contributed by atoms with Gasteiger partial charge in [-0.3, -0.25) is 0 Å². The van der Waals surface area contributed by atoms with E-state index in [2.05, 4.69) is 12.2 Å². The maximum atomic E-state index is 2.55. The van der Waals surface area contributed by atoms with E-state index in [9.17, 15) is 0 Å². The van der Waals surface area contributed by atoms with Gasteiger partial charge >= 0.3 is 0 Å². The Balaban J connectivity index is 1.93. The van der Waals surface area contributed by atoms with Gasteiger partial charge in [0.1, 0.15) is 0 Å². The molecule has 0 aromatic rings. The van der Waals surface area contributed by atoms with Crippen LogP contribution in [0.3, 0.4) is 0 Å². The molecule has 0 aliphatic heterocycles. The molecule has 1 saturated carbocycles. The minimum absolute atomic E-state index is 0.969. The second-order valence-corrected chi connectivity index (χ2v) is 4.16. The predicted molar refractivity (Wildman–Crippen MR) is 46.2 cm³/mol. The van der Waals surface area contributed by atoms with Gasteiger partial charge in [-0.1, -0.05) is 12.2 Å². The van der Waals surface area contributed by atoms with E-state index in [1.807, 2.05) is 0 Å². The van der Waals surface area contributed by atoms with E-state index in [1.54, 1.807) is 11.1 Å². The topological polar surface area (TPSA) is 0 Å². The average Bonchev–Trinajstić information content (AvgIpc) is 2.42. The summed E-state index contributed by atoms with van der Waals surface area (Å²) < 4.78 is 0. The lowest BCUT2D eigenvalue weighted by Crippen LogP contribution is -2.05. The molecular formula is C11H14. The van der Waals surface area contributed by atoms with Gasteiger partial charge < -0.3 is 0 Å². The van der Waals surface area contributed by atoms with Crippen molar-refractivity contribution in [1.82, 2.24) is 0 Å². The fourth-order valence-electron chi connectivity index (χ4n) is 2.76. The highest BCUT2D eigenvalue weighted by atomic mass is 14.4. The predicted octanol–water partition coefficient (Wildman–Crippen LogP) is 3.06. The summed E-state index contributed by atoms with van der Waals surface area (Å²) in [5.74, 6) is 1.95. The monoisotopic (exact) mass is 146 g/mol. The van der Waals surface area contributed by atoms with E-state index in [0.717, 1.165) is 11.8 Å². The molecule has 0 amide bonds. The Morgan fingerprint density at radius 1 is 1.27 bits per heavy atom. The van der Waals surface area contributed by atoms with Crippen LogP contribution in [-0.2, 0) is 0 Å². The number of hydrogen-bond acceptors (Lipinski definition) is 0. The van der Waals surface area contributed by atoms with E-state index in [-0.39, 0.29) is 0 Å². The van der Waals surface area contributed by atoms with E-state index >= 15 is 0 Å². The minimum Gasteiger partial charge on any atom is -0.0807 e. The lowest BCUT2D eigenvalue weighted by Gasteiger charge is -2.21. The Hall–Kier alpha value is -0.520. The first-order chi connectivity index (χ1) is 5.43. The lowest BCUT2D eigenvalue weighted by atomic mass is 9.84. The fourth-order valence-corrected chi connectivity index (χ4v) is 2.76. The first-order valence-corrected chi connectivity index (χ1v) is 4.84. The summed E-state index contributed by atoms with van der Waals surface area (Å²) in [6.07, 6.45) is 12.1. The molecule has 2 bridgehead atoms.